The van der Waals surface area contributed by atoms with Crippen molar-refractivity contribution in [3.8, 4) is 0 Å². The summed E-state index contributed by atoms with van der Waals surface area (Å²) >= 11 is 0. The number of hydrogen-bond acceptors (Lipinski definition) is 3. The van der Waals surface area contributed by atoms with E-state index in [2.05, 4.69) is 10.4 Å². The Morgan fingerprint density at radius 3 is 2.65 bits per heavy atom. The third-order valence-electron chi connectivity index (χ3n) is 2.93. The molecule has 2 aromatic rings. The second-order valence-electron chi connectivity index (χ2n) is 4.53. The van der Waals surface area contributed by atoms with Crippen LogP contribution in [0.4, 0.5) is 5.82 Å². The Hall–Kier alpha value is -2.14. The lowest BCUT2D eigenvalue weighted by Crippen LogP contribution is -2.24. The monoisotopic (exact) mass is 273 g/mol. The molecule has 0 bridgehead atoms. The van der Waals surface area contributed by atoms with E-state index in [1.165, 1.54) is 0 Å². The fourth-order valence-electron chi connectivity index (χ4n) is 2.04. The molecule has 5 heteroatoms. The first kappa shape index (κ1) is 14.3. The van der Waals surface area contributed by atoms with Crippen molar-refractivity contribution in [3.05, 3.63) is 47.7 Å². The Bertz CT molecular complexity index is 578. The minimum absolute atomic E-state index is 0.193. The van der Waals surface area contributed by atoms with Gasteiger partial charge in [0.1, 0.15) is 5.82 Å². The number of carbonyl (C=O) groups is 1. The maximum Gasteiger partial charge on any atom is 0.259 e. The van der Waals surface area contributed by atoms with E-state index in [4.69, 9.17) is 4.74 Å². The molecule has 0 saturated carbocycles. The molecular formula is C15H19N3O2. The third-order valence-corrected chi connectivity index (χ3v) is 2.93. The molecule has 0 aliphatic rings. The Balaban J connectivity index is 2.17. The molecule has 1 atom stereocenters. The molecule has 0 aliphatic heterocycles. The Morgan fingerprint density at radius 1 is 1.40 bits per heavy atom. The zero-order valence-corrected chi connectivity index (χ0v) is 12.0. The summed E-state index contributed by atoms with van der Waals surface area (Å²) in [5.74, 6) is 0.467. The van der Waals surface area contributed by atoms with Crippen molar-refractivity contribution in [1.82, 2.24) is 9.78 Å². The normalized spacial score (nSPS) is 12.2. The van der Waals surface area contributed by atoms with E-state index >= 15 is 0 Å². The van der Waals surface area contributed by atoms with Crippen molar-refractivity contribution in [2.75, 3.05) is 11.9 Å². The number of aryl methyl sites for hydroxylation is 2. The average molecular weight is 273 g/mol. The van der Waals surface area contributed by atoms with Gasteiger partial charge in [0.2, 0.25) is 0 Å². The van der Waals surface area contributed by atoms with Crippen molar-refractivity contribution in [3.63, 3.8) is 0 Å². The van der Waals surface area contributed by atoms with Gasteiger partial charge in [0.25, 0.3) is 5.91 Å². The van der Waals surface area contributed by atoms with Gasteiger partial charge in [-0.2, -0.15) is 5.10 Å². The molecule has 0 spiro atoms. The highest BCUT2D eigenvalue weighted by Crippen LogP contribution is 2.20. The second-order valence-corrected chi connectivity index (χ2v) is 4.53. The second kappa shape index (κ2) is 6.34. The molecule has 1 aromatic carbocycles. The molecule has 1 amide bonds. The molecule has 1 aromatic heterocycles. The summed E-state index contributed by atoms with van der Waals surface area (Å²) in [5.41, 5.74) is 1.70. The average Bonchev–Trinajstić information content (AvgIpc) is 2.75. The van der Waals surface area contributed by atoms with Gasteiger partial charge in [-0.25, -0.2) is 0 Å². The van der Waals surface area contributed by atoms with Crippen LogP contribution in [0.2, 0.25) is 0 Å². The van der Waals surface area contributed by atoms with Gasteiger partial charge in [0.05, 0.1) is 5.69 Å². The van der Waals surface area contributed by atoms with Crippen LogP contribution in [0, 0.1) is 6.92 Å². The van der Waals surface area contributed by atoms with Gasteiger partial charge in [-0.05, 0) is 19.4 Å². The van der Waals surface area contributed by atoms with Crippen LogP contribution in [0.1, 0.15) is 24.3 Å². The first-order valence-corrected chi connectivity index (χ1v) is 6.60. The molecule has 0 saturated heterocycles. The molecular weight excluding hydrogens is 254 g/mol. The van der Waals surface area contributed by atoms with Gasteiger partial charge in [-0.15, -0.1) is 0 Å². The number of hydrogen-bond donors (Lipinski definition) is 1. The van der Waals surface area contributed by atoms with E-state index < -0.39 is 6.10 Å². The number of amides is 1. The molecule has 106 valence electrons. The number of benzene rings is 1. The molecule has 1 N–H and O–H groups in total. The van der Waals surface area contributed by atoms with Gasteiger partial charge < -0.3 is 10.1 Å². The third kappa shape index (κ3) is 3.24. The van der Waals surface area contributed by atoms with Crippen LogP contribution in [0.15, 0.2) is 36.4 Å². The van der Waals surface area contributed by atoms with Crippen molar-refractivity contribution < 1.29 is 9.53 Å². The number of anilines is 1. The molecule has 0 fully saturated rings. The van der Waals surface area contributed by atoms with E-state index in [1.807, 2.05) is 50.2 Å². The van der Waals surface area contributed by atoms with Crippen molar-refractivity contribution in [1.29, 1.82) is 0 Å². The van der Waals surface area contributed by atoms with Gasteiger partial charge in [-0.1, -0.05) is 30.3 Å². The highest BCUT2D eigenvalue weighted by molar-refractivity contribution is 5.94. The summed E-state index contributed by atoms with van der Waals surface area (Å²) in [4.78, 5) is 12.4. The van der Waals surface area contributed by atoms with Gasteiger partial charge in [0, 0.05) is 19.7 Å². The number of ether oxygens (including phenoxy) is 1. The molecule has 0 radical (unpaired) electrons. The fourth-order valence-corrected chi connectivity index (χ4v) is 2.04. The van der Waals surface area contributed by atoms with Crippen LogP contribution in [-0.4, -0.2) is 22.3 Å². The number of carbonyl (C=O) groups excluding carboxylic acids is 1. The maximum absolute atomic E-state index is 12.4. The minimum atomic E-state index is -0.614. The van der Waals surface area contributed by atoms with Gasteiger partial charge in [-0.3, -0.25) is 9.48 Å². The smallest absolute Gasteiger partial charge is 0.259 e. The van der Waals surface area contributed by atoms with Crippen LogP contribution in [0.5, 0.6) is 0 Å². The zero-order valence-electron chi connectivity index (χ0n) is 12.0. The SMILES string of the molecule is CCO[C@@H](C(=O)Nc1cc(C)nn1C)c1ccccc1. The van der Waals surface area contributed by atoms with Crippen molar-refractivity contribution in [2.24, 2.45) is 7.05 Å². The van der Waals surface area contributed by atoms with Crippen LogP contribution in [0.3, 0.4) is 0 Å². The number of aromatic nitrogens is 2. The van der Waals surface area contributed by atoms with Gasteiger partial charge in [0.15, 0.2) is 6.10 Å². The van der Waals surface area contributed by atoms with Crippen LogP contribution >= 0.6 is 0 Å². The maximum atomic E-state index is 12.4. The Kier molecular flexibility index (Phi) is 4.53. The lowest BCUT2D eigenvalue weighted by atomic mass is 10.1. The van der Waals surface area contributed by atoms with Crippen LogP contribution in [0.25, 0.3) is 0 Å². The summed E-state index contributed by atoms with van der Waals surface area (Å²) in [7, 11) is 1.79. The Morgan fingerprint density at radius 2 is 2.10 bits per heavy atom. The molecule has 2 rings (SSSR count). The standard InChI is InChI=1S/C15H19N3O2/c1-4-20-14(12-8-6-5-7-9-12)15(19)16-13-10-11(2)17-18(13)3/h5-10,14H,4H2,1-3H3,(H,16,19)/t14-/m1/s1. The Labute approximate surface area is 118 Å². The summed E-state index contributed by atoms with van der Waals surface area (Å²) in [5, 5.41) is 7.05. The van der Waals surface area contributed by atoms with E-state index in [9.17, 15) is 4.79 Å². The number of nitrogens with one attached hydrogen (secondary N) is 1. The van der Waals surface area contributed by atoms with Gasteiger partial charge >= 0.3 is 0 Å². The number of rotatable bonds is 5. The highest BCUT2D eigenvalue weighted by Gasteiger charge is 2.21. The summed E-state index contributed by atoms with van der Waals surface area (Å²) in [6.07, 6.45) is -0.614. The molecule has 5 nitrogen and oxygen atoms in total. The zero-order chi connectivity index (χ0) is 14.5. The molecule has 0 unspecified atom stereocenters. The lowest BCUT2D eigenvalue weighted by molar-refractivity contribution is -0.127. The summed E-state index contributed by atoms with van der Waals surface area (Å²) < 4.78 is 7.21. The molecule has 0 aliphatic carbocycles. The van der Waals surface area contributed by atoms with Crippen LogP contribution < -0.4 is 5.32 Å². The molecule has 1 heterocycles. The highest BCUT2D eigenvalue weighted by atomic mass is 16.5. The van der Waals surface area contributed by atoms with Crippen molar-refractivity contribution >= 4 is 11.7 Å². The summed E-state index contributed by atoms with van der Waals surface area (Å²) in [6, 6.07) is 11.3. The predicted octanol–water partition coefficient (Wildman–Crippen LogP) is 2.44. The van der Waals surface area contributed by atoms with E-state index in [0.717, 1.165) is 11.3 Å². The first-order valence-electron chi connectivity index (χ1n) is 6.60. The molecule has 20 heavy (non-hydrogen) atoms. The lowest BCUT2D eigenvalue weighted by Gasteiger charge is -2.17. The first-order chi connectivity index (χ1) is 9.61. The number of nitrogens with zero attached hydrogens (tertiary/aromatic N) is 2. The fraction of sp³-hybridized carbons (Fsp3) is 0.333. The summed E-state index contributed by atoms with van der Waals surface area (Å²) in [6.45, 7) is 4.22. The topological polar surface area (TPSA) is 56.1 Å². The minimum Gasteiger partial charge on any atom is -0.364 e. The van der Waals surface area contributed by atoms with E-state index in [-0.39, 0.29) is 5.91 Å². The predicted molar refractivity (Wildman–Crippen MR) is 77.4 cm³/mol. The van der Waals surface area contributed by atoms with E-state index in [0.29, 0.717) is 12.4 Å². The van der Waals surface area contributed by atoms with Crippen LogP contribution in [-0.2, 0) is 16.6 Å². The van der Waals surface area contributed by atoms with E-state index in [1.54, 1.807) is 11.7 Å². The largest absolute Gasteiger partial charge is 0.364 e. The quantitative estimate of drug-likeness (QED) is 0.910. The van der Waals surface area contributed by atoms with Crippen molar-refractivity contribution in [2.45, 2.75) is 20.0 Å².